The van der Waals surface area contributed by atoms with Gasteiger partial charge in [0.1, 0.15) is 24.4 Å². The van der Waals surface area contributed by atoms with E-state index < -0.39 is 49.5 Å². The minimum Gasteiger partial charge on any atom is -0.394 e. The lowest BCUT2D eigenvalue weighted by Gasteiger charge is -2.40. The van der Waals surface area contributed by atoms with Gasteiger partial charge in [0.05, 0.1) is 25.4 Å². The number of unbranched alkanes of at least 4 members (excludes halogenated alkanes) is 15. The minimum absolute atomic E-state index is 0.213. The summed E-state index contributed by atoms with van der Waals surface area (Å²) in [6, 6.07) is -0.833. The van der Waals surface area contributed by atoms with Crippen LogP contribution in [0.15, 0.2) is 60.8 Å². The van der Waals surface area contributed by atoms with Crippen LogP contribution in [0.1, 0.15) is 155 Å². The molecule has 9 nitrogen and oxygen atoms in total. The van der Waals surface area contributed by atoms with Crippen LogP contribution < -0.4 is 5.32 Å². The number of rotatable bonds is 33. The third-order valence-corrected chi connectivity index (χ3v) is 9.59. The molecular weight excluding hydrogens is 670 g/mol. The van der Waals surface area contributed by atoms with Gasteiger partial charge < -0.3 is 40.3 Å². The molecule has 1 aliphatic heterocycles. The van der Waals surface area contributed by atoms with Gasteiger partial charge in [0.2, 0.25) is 5.91 Å². The Bertz CT molecular complexity index is 1010. The topological polar surface area (TPSA) is 149 Å². The maximum Gasteiger partial charge on any atom is 0.220 e. The average molecular weight is 748 g/mol. The number of aliphatic hydroxyl groups excluding tert-OH is 5. The molecule has 0 spiro atoms. The Hall–Kier alpha value is -2.11. The third kappa shape index (κ3) is 25.6. The molecule has 306 valence electrons. The van der Waals surface area contributed by atoms with Crippen molar-refractivity contribution in [1.82, 2.24) is 5.32 Å². The van der Waals surface area contributed by atoms with Crippen molar-refractivity contribution >= 4 is 5.91 Å². The minimum atomic E-state index is -1.58. The van der Waals surface area contributed by atoms with E-state index in [-0.39, 0.29) is 18.9 Å². The summed E-state index contributed by atoms with van der Waals surface area (Å²) in [5, 5.41) is 54.0. The molecular formula is C44H77NO8. The predicted molar refractivity (Wildman–Crippen MR) is 216 cm³/mol. The van der Waals surface area contributed by atoms with E-state index in [2.05, 4.69) is 67.8 Å². The summed E-state index contributed by atoms with van der Waals surface area (Å²) >= 11 is 0. The monoisotopic (exact) mass is 748 g/mol. The smallest absolute Gasteiger partial charge is 0.220 e. The molecule has 0 aromatic carbocycles. The van der Waals surface area contributed by atoms with Crippen LogP contribution in [0.2, 0.25) is 0 Å². The van der Waals surface area contributed by atoms with Gasteiger partial charge in [-0.05, 0) is 57.8 Å². The molecule has 7 atom stereocenters. The Kier molecular flexibility index (Phi) is 31.7. The number of aliphatic hydroxyl groups is 5. The molecule has 0 bridgehead atoms. The summed E-state index contributed by atoms with van der Waals surface area (Å²) in [4.78, 5) is 12.9. The average Bonchev–Trinajstić information content (AvgIpc) is 3.16. The zero-order valence-corrected chi connectivity index (χ0v) is 33.2. The van der Waals surface area contributed by atoms with Crippen molar-refractivity contribution in [2.24, 2.45) is 0 Å². The Balaban J connectivity index is 2.47. The van der Waals surface area contributed by atoms with E-state index >= 15 is 0 Å². The van der Waals surface area contributed by atoms with Crippen LogP contribution in [0.3, 0.4) is 0 Å². The van der Waals surface area contributed by atoms with E-state index in [9.17, 15) is 30.3 Å². The Morgan fingerprint density at radius 3 is 1.68 bits per heavy atom. The molecule has 9 heteroatoms. The summed E-state index contributed by atoms with van der Waals surface area (Å²) in [5.41, 5.74) is 0. The standard InChI is InChI=1S/C44H77NO8/c1-3-5-7-9-11-13-15-17-18-19-20-22-24-26-28-30-32-34-40(48)45-37(36-52-44-43(51)42(50)41(49)39(35-46)53-44)38(47)33-31-29-27-25-23-21-16-14-12-10-8-6-4-2/h11,13,17-18,20,22,26,28,31,33,37-39,41-44,46-47,49-51H,3-10,12,14-16,19,21,23-25,27,29-30,32,34-36H2,1-2H3,(H,45,48)/b13-11-,18-17-,22-20-,28-26-,33-31+/t37-,38+,39?,41-,42-,43?,44-/m0/s1. The van der Waals surface area contributed by atoms with E-state index in [0.717, 1.165) is 44.9 Å². The summed E-state index contributed by atoms with van der Waals surface area (Å²) in [6.45, 7) is 3.68. The van der Waals surface area contributed by atoms with E-state index in [4.69, 9.17) is 9.47 Å². The second kappa shape index (κ2) is 34.4. The van der Waals surface area contributed by atoms with Gasteiger partial charge in [-0.25, -0.2) is 0 Å². The quantitative estimate of drug-likeness (QED) is 0.0292. The number of nitrogens with one attached hydrogen (secondary N) is 1. The van der Waals surface area contributed by atoms with Crippen molar-refractivity contribution < 1.29 is 39.8 Å². The fourth-order valence-corrected chi connectivity index (χ4v) is 6.15. The third-order valence-electron chi connectivity index (χ3n) is 9.59. The first-order valence-corrected chi connectivity index (χ1v) is 21.0. The number of carbonyl (C=O) groups is 1. The number of allylic oxidation sites excluding steroid dienone is 9. The molecule has 0 aromatic heterocycles. The van der Waals surface area contributed by atoms with Crippen molar-refractivity contribution in [2.75, 3.05) is 13.2 Å². The number of hydrogen-bond acceptors (Lipinski definition) is 8. The van der Waals surface area contributed by atoms with Crippen molar-refractivity contribution in [2.45, 2.75) is 198 Å². The zero-order valence-electron chi connectivity index (χ0n) is 33.2. The molecule has 1 amide bonds. The van der Waals surface area contributed by atoms with Crippen LogP contribution in [0.5, 0.6) is 0 Å². The summed E-state index contributed by atoms with van der Waals surface area (Å²) in [6.07, 6.45) is 36.9. The van der Waals surface area contributed by atoms with Crippen molar-refractivity contribution in [3.8, 4) is 0 Å². The van der Waals surface area contributed by atoms with E-state index in [1.54, 1.807) is 6.08 Å². The number of amides is 1. The van der Waals surface area contributed by atoms with Crippen molar-refractivity contribution in [1.29, 1.82) is 0 Å². The zero-order chi connectivity index (χ0) is 38.8. The van der Waals surface area contributed by atoms with Gasteiger partial charge in [-0.2, -0.15) is 0 Å². The van der Waals surface area contributed by atoms with Crippen LogP contribution in [-0.4, -0.2) is 87.5 Å². The molecule has 0 aliphatic carbocycles. The first kappa shape index (κ1) is 48.9. The fraction of sp³-hybridized carbons (Fsp3) is 0.750. The van der Waals surface area contributed by atoms with Gasteiger partial charge in [-0.15, -0.1) is 0 Å². The molecule has 1 fully saturated rings. The molecule has 0 aromatic rings. The highest BCUT2D eigenvalue weighted by atomic mass is 16.7. The van der Waals surface area contributed by atoms with Crippen LogP contribution in [-0.2, 0) is 14.3 Å². The largest absolute Gasteiger partial charge is 0.394 e. The SMILES string of the molecule is CCCCC/C=C\C/C=C\C/C=C\C/C=C\CCCC(=O)N[C@@H](CO[C@H]1OC(CO)[C@H](O)[C@H](O)C1O)[C@H](O)/C=C/CCCCCCCCCCCCC. The lowest BCUT2D eigenvalue weighted by Crippen LogP contribution is -2.60. The van der Waals surface area contributed by atoms with E-state index in [0.29, 0.717) is 6.42 Å². The second-order valence-electron chi connectivity index (χ2n) is 14.4. The predicted octanol–water partition coefficient (Wildman–Crippen LogP) is 8.05. The number of ether oxygens (including phenoxy) is 2. The Morgan fingerprint density at radius 1 is 0.642 bits per heavy atom. The van der Waals surface area contributed by atoms with E-state index in [1.807, 2.05) is 6.08 Å². The number of hydrogen-bond donors (Lipinski definition) is 6. The summed E-state index contributed by atoms with van der Waals surface area (Å²) in [5.74, 6) is -0.235. The second-order valence-corrected chi connectivity index (χ2v) is 14.4. The van der Waals surface area contributed by atoms with Gasteiger partial charge in [0.25, 0.3) is 0 Å². The van der Waals surface area contributed by atoms with Crippen molar-refractivity contribution in [3.05, 3.63) is 60.8 Å². The highest BCUT2D eigenvalue weighted by Gasteiger charge is 2.44. The molecule has 6 N–H and O–H groups in total. The lowest BCUT2D eigenvalue weighted by atomic mass is 9.99. The first-order chi connectivity index (χ1) is 25.8. The van der Waals surface area contributed by atoms with Crippen LogP contribution in [0.25, 0.3) is 0 Å². The number of carbonyl (C=O) groups excluding carboxylic acids is 1. The van der Waals surface area contributed by atoms with Gasteiger partial charge in [0.15, 0.2) is 6.29 Å². The maximum absolute atomic E-state index is 12.9. The van der Waals surface area contributed by atoms with Crippen LogP contribution in [0.4, 0.5) is 0 Å². The van der Waals surface area contributed by atoms with Crippen LogP contribution in [0, 0.1) is 0 Å². The Labute approximate surface area is 322 Å². The lowest BCUT2D eigenvalue weighted by molar-refractivity contribution is -0.302. The highest BCUT2D eigenvalue weighted by molar-refractivity contribution is 5.76. The normalized spacial score (nSPS) is 22.3. The molecule has 2 unspecified atom stereocenters. The summed E-state index contributed by atoms with van der Waals surface area (Å²) in [7, 11) is 0. The molecule has 1 heterocycles. The van der Waals surface area contributed by atoms with Gasteiger partial charge in [0, 0.05) is 6.42 Å². The van der Waals surface area contributed by atoms with E-state index in [1.165, 1.54) is 83.5 Å². The molecule has 0 radical (unpaired) electrons. The highest BCUT2D eigenvalue weighted by Crippen LogP contribution is 2.22. The summed E-state index contributed by atoms with van der Waals surface area (Å²) < 4.78 is 11.2. The van der Waals surface area contributed by atoms with Crippen molar-refractivity contribution in [3.63, 3.8) is 0 Å². The molecule has 0 saturated carbocycles. The molecule has 1 aliphatic rings. The molecule has 53 heavy (non-hydrogen) atoms. The molecule has 1 saturated heterocycles. The van der Waals surface area contributed by atoms with Crippen LogP contribution >= 0.6 is 0 Å². The van der Waals surface area contributed by atoms with Gasteiger partial charge in [-0.3, -0.25) is 4.79 Å². The first-order valence-electron chi connectivity index (χ1n) is 21.0. The maximum atomic E-state index is 12.9. The fourth-order valence-electron chi connectivity index (χ4n) is 6.15. The van der Waals surface area contributed by atoms with Gasteiger partial charge in [-0.1, -0.05) is 152 Å². The van der Waals surface area contributed by atoms with Gasteiger partial charge >= 0.3 is 0 Å². The molecule has 1 rings (SSSR count). The Morgan fingerprint density at radius 2 is 1.11 bits per heavy atom.